The molecule has 0 saturated heterocycles. The lowest BCUT2D eigenvalue weighted by Gasteiger charge is -2.26. The number of ether oxygens (including phenoxy) is 1. The lowest BCUT2D eigenvalue weighted by Crippen LogP contribution is -2.40. The summed E-state index contributed by atoms with van der Waals surface area (Å²) >= 11 is 0. The maximum absolute atomic E-state index is 11.5. The molecule has 1 amide bonds. The third kappa shape index (κ3) is 5.54. The highest BCUT2D eigenvalue weighted by Crippen LogP contribution is 2.26. The Morgan fingerprint density at radius 2 is 2.00 bits per heavy atom. The molecule has 0 radical (unpaired) electrons. The number of nitrogens with one attached hydrogen (secondary N) is 1. The van der Waals surface area contributed by atoms with E-state index in [9.17, 15) is 15.0 Å². The van der Waals surface area contributed by atoms with Gasteiger partial charge in [0.15, 0.2) is 0 Å². The lowest BCUT2D eigenvalue weighted by atomic mass is 10.0. The van der Waals surface area contributed by atoms with Crippen molar-refractivity contribution in [2.75, 3.05) is 20.6 Å². The van der Waals surface area contributed by atoms with Gasteiger partial charge in [0, 0.05) is 32.2 Å². The molecule has 6 heteroatoms. The van der Waals surface area contributed by atoms with Crippen molar-refractivity contribution < 1.29 is 19.7 Å². The van der Waals surface area contributed by atoms with Gasteiger partial charge < -0.3 is 25.2 Å². The average molecular weight is 310 g/mol. The van der Waals surface area contributed by atoms with E-state index in [-0.39, 0.29) is 17.0 Å². The molecule has 0 heterocycles. The second-order valence-corrected chi connectivity index (χ2v) is 6.16. The van der Waals surface area contributed by atoms with Crippen LogP contribution in [-0.2, 0) is 0 Å². The summed E-state index contributed by atoms with van der Waals surface area (Å²) in [6.45, 7) is 6.50. The molecule has 1 atom stereocenters. The van der Waals surface area contributed by atoms with Crippen LogP contribution in [0.5, 0.6) is 11.5 Å². The van der Waals surface area contributed by atoms with Gasteiger partial charge in [-0.25, -0.2) is 4.79 Å². The number of rotatable bonds is 6. The predicted molar refractivity (Wildman–Crippen MR) is 85.2 cm³/mol. The molecule has 0 spiro atoms. The van der Waals surface area contributed by atoms with E-state index in [0.29, 0.717) is 12.1 Å². The smallest absolute Gasteiger partial charge is 0.414 e. The fraction of sp³-hybridized carbons (Fsp3) is 0.562. The van der Waals surface area contributed by atoms with Crippen molar-refractivity contribution in [3.8, 4) is 11.5 Å². The van der Waals surface area contributed by atoms with E-state index in [4.69, 9.17) is 4.74 Å². The maximum Gasteiger partial charge on any atom is 0.414 e. The number of carbonyl (C=O) groups excluding carboxylic acids is 1. The van der Waals surface area contributed by atoms with Crippen molar-refractivity contribution in [2.24, 2.45) is 0 Å². The van der Waals surface area contributed by atoms with E-state index in [0.717, 1.165) is 6.42 Å². The third-order valence-electron chi connectivity index (χ3n) is 3.53. The van der Waals surface area contributed by atoms with E-state index in [2.05, 4.69) is 12.2 Å². The van der Waals surface area contributed by atoms with Crippen molar-refractivity contribution in [2.45, 2.75) is 38.8 Å². The van der Waals surface area contributed by atoms with Gasteiger partial charge in [0.25, 0.3) is 0 Å². The highest BCUT2D eigenvalue weighted by molar-refractivity contribution is 5.70. The molecular weight excluding hydrogens is 284 g/mol. The quantitative estimate of drug-likeness (QED) is 0.751. The molecule has 0 aromatic heterocycles. The monoisotopic (exact) mass is 310 g/mol. The second-order valence-electron chi connectivity index (χ2n) is 6.16. The molecule has 124 valence electrons. The van der Waals surface area contributed by atoms with Gasteiger partial charge in [0.1, 0.15) is 11.5 Å². The van der Waals surface area contributed by atoms with Crippen LogP contribution >= 0.6 is 0 Å². The molecule has 22 heavy (non-hydrogen) atoms. The van der Waals surface area contributed by atoms with E-state index in [1.807, 2.05) is 13.8 Å². The number of nitrogens with zero attached hydrogens (tertiary/aromatic N) is 1. The van der Waals surface area contributed by atoms with Crippen molar-refractivity contribution >= 4 is 6.09 Å². The summed E-state index contributed by atoms with van der Waals surface area (Å²) < 4.78 is 5.11. The zero-order valence-electron chi connectivity index (χ0n) is 13.9. The third-order valence-corrected chi connectivity index (χ3v) is 3.53. The Balaban J connectivity index is 2.82. The molecule has 0 saturated carbocycles. The van der Waals surface area contributed by atoms with Crippen LogP contribution in [0.25, 0.3) is 0 Å². The van der Waals surface area contributed by atoms with Crippen molar-refractivity contribution in [1.29, 1.82) is 0 Å². The van der Waals surface area contributed by atoms with E-state index < -0.39 is 12.2 Å². The number of hydrogen-bond donors (Lipinski definition) is 3. The van der Waals surface area contributed by atoms with Crippen molar-refractivity contribution in [3.05, 3.63) is 23.8 Å². The molecule has 0 aliphatic heterocycles. The summed E-state index contributed by atoms with van der Waals surface area (Å²) in [4.78, 5) is 12.8. The van der Waals surface area contributed by atoms with E-state index >= 15 is 0 Å². The van der Waals surface area contributed by atoms with Gasteiger partial charge in [0.2, 0.25) is 0 Å². The molecule has 3 N–H and O–H groups in total. The van der Waals surface area contributed by atoms with E-state index in [1.54, 1.807) is 20.2 Å². The summed E-state index contributed by atoms with van der Waals surface area (Å²) in [5.41, 5.74) is 0.402. The van der Waals surface area contributed by atoms with Gasteiger partial charge in [0.05, 0.1) is 6.10 Å². The minimum Gasteiger partial charge on any atom is -0.508 e. The molecule has 1 aromatic rings. The zero-order valence-corrected chi connectivity index (χ0v) is 13.9. The number of aliphatic hydroxyl groups is 1. The first kappa shape index (κ1) is 18.3. The van der Waals surface area contributed by atoms with Crippen LogP contribution in [-0.4, -0.2) is 47.4 Å². The largest absolute Gasteiger partial charge is 0.508 e. The molecule has 6 nitrogen and oxygen atoms in total. The average Bonchev–Trinajstić information content (AvgIpc) is 2.44. The maximum atomic E-state index is 11.5. The Hall–Kier alpha value is -1.79. The van der Waals surface area contributed by atoms with Gasteiger partial charge in [-0.05, 0) is 38.0 Å². The summed E-state index contributed by atoms with van der Waals surface area (Å²) in [5.74, 6) is 0.135. The number of aliphatic hydroxyl groups excluding tert-OH is 1. The number of benzene rings is 1. The Bertz CT molecular complexity index is 515. The van der Waals surface area contributed by atoms with E-state index in [1.165, 1.54) is 17.0 Å². The second kappa shape index (κ2) is 7.47. The highest BCUT2D eigenvalue weighted by Gasteiger charge is 2.18. The van der Waals surface area contributed by atoms with Crippen LogP contribution in [0.4, 0.5) is 4.79 Å². The Morgan fingerprint density at radius 3 is 2.55 bits per heavy atom. The minimum absolute atomic E-state index is 0.0622. The summed E-state index contributed by atoms with van der Waals surface area (Å²) in [7, 11) is 3.13. The molecule has 0 bridgehead atoms. The van der Waals surface area contributed by atoms with Crippen molar-refractivity contribution in [1.82, 2.24) is 10.2 Å². The number of hydrogen-bond acceptors (Lipinski definition) is 5. The van der Waals surface area contributed by atoms with Gasteiger partial charge in [-0.2, -0.15) is 0 Å². The SMILES string of the molecule is CCC(C)(C)NCC(O)c1cc(O)cc(OC(=O)N(C)C)c1. The minimum atomic E-state index is -0.810. The first-order chi connectivity index (χ1) is 10.1. The molecule has 0 aliphatic carbocycles. The van der Waals surface area contributed by atoms with Gasteiger partial charge in [-0.3, -0.25) is 0 Å². The number of phenolic OH excluding ortho intramolecular Hbond substituents is 1. The molecule has 0 fully saturated rings. The van der Waals surface area contributed by atoms with Crippen LogP contribution < -0.4 is 10.1 Å². The van der Waals surface area contributed by atoms with Gasteiger partial charge >= 0.3 is 6.09 Å². The Kier molecular flexibility index (Phi) is 6.20. The van der Waals surface area contributed by atoms with Crippen LogP contribution in [0.2, 0.25) is 0 Å². The normalized spacial score (nSPS) is 12.8. The summed E-state index contributed by atoms with van der Waals surface area (Å²) in [6, 6.07) is 4.34. The van der Waals surface area contributed by atoms with Crippen LogP contribution in [0.15, 0.2) is 18.2 Å². The number of phenols is 1. The number of amides is 1. The first-order valence-corrected chi connectivity index (χ1v) is 7.31. The number of carbonyl (C=O) groups is 1. The highest BCUT2D eigenvalue weighted by atomic mass is 16.6. The molecule has 1 unspecified atom stereocenters. The number of β-amino-alcohol motifs (C(OH)–C–C–N with tert-alkyl or cyclic N) is 1. The fourth-order valence-corrected chi connectivity index (χ4v) is 1.67. The first-order valence-electron chi connectivity index (χ1n) is 7.31. The Morgan fingerprint density at radius 1 is 1.36 bits per heavy atom. The lowest BCUT2D eigenvalue weighted by molar-refractivity contribution is 0.158. The van der Waals surface area contributed by atoms with Crippen LogP contribution in [0.3, 0.4) is 0 Å². The molecular formula is C16H26N2O4. The van der Waals surface area contributed by atoms with Gasteiger partial charge in [-0.15, -0.1) is 0 Å². The van der Waals surface area contributed by atoms with Crippen LogP contribution in [0.1, 0.15) is 38.9 Å². The van der Waals surface area contributed by atoms with Crippen molar-refractivity contribution in [3.63, 3.8) is 0 Å². The summed E-state index contributed by atoms with van der Waals surface area (Å²) in [5, 5.41) is 23.2. The molecule has 1 rings (SSSR count). The fourth-order valence-electron chi connectivity index (χ4n) is 1.67. The molecule has 0 aliphatic rings. The van der Waals surface area contributed by atoms with Crippen LogP contribution in [0, 0.1) is 0 Å². The standard InChI is InChI=1S/C16H26N2O4/c1-6-16(2,3)17-10-14(20)11-7-12(19)9-13(8-11)22-15(21)18(4)5/h7-9,14,17,19-20H,6,10H2,1-5H3. The zero-order chi connectivity index (χ0) is 16.9. The predicted octanol–water partition coefficient (Wildman–Crippen LogP) is 2.26. The summed E-state index contributed by atoms with van der Waals surface area (Å²) in [6.07, 6.45) is -0.433. The number of aromatic hydroxyl groups is 1. The molecule has 1 aromatic carbocycles. The van der Waals surface area contributed by atoms with Gasteiger partial charge in [-0.1, -0.05) is 6.92 Å². The topological polar surface area (TPSA) is 82.0 Å². The Labute approximate surface area is 131 Å².